The largest absolute Gasteiger partial charge is 0.336 e. The minimum absolute atomic E-state index is 0.154. The smallest absolute Gasteiger partial charge is 0.266 e. The highest BCUT2D eigenvalue weighted by molar-refractivity contribution is 5.28. The van der Waals surface area contributed by atoms with Gasteiger partial charge in [-0.15, -0.1) is 0 Å². The number of likely N-dealkylation sites (N-methyl/N-ethyl adjacent to an activating group) is 1. The third-order valence-corrected chi connectivity index (χ3v) is 3.26. The Bertz CT molecular complexity index is 370. The van der Waals surface area contributed by atoms with Gasteiger partial charge in [-0.25, -0.2) is 0 Å². The first-order chi connectivity index (χ1) is 8.56. The van der Waals surface area contributed by atoms with Gasteiger partial charge in [-0.05, 0) is 24.5 Å². The van der Waals surface area contributed by atoms with E-state index in [4.69, 9.17) is 10.3 Å². The van der Waals surface area contributed by atoms with Gasteiger partial charge >= 0.3 is 0 Å². The first kappa shape index (κ1) is 13.3. The topological polar surface area (TPSA) is 71.4 Å². The van der Waals surface area contributed by atoms with E-state index in [1.807, 2.05) is 0 Å². The summed E-state index contributed by atoms with van der Waals surface area (Å²) in [6.07, 6.45) is 0.865. The van der Waals surface area contributed by atoms with Crippen molar-refractivity contribution in [3.05, 3.63) is 5.89 Å². The second-order valence-electron chi connectivity index (χ2n) is 5.46. The van der Waals surface area contributed by atoms with E-state index in [0.29, 0.717) is 17.8 Å². The van der Waals surface area contributed by atoms with Crippen molar-refractivity contribution in [1.29, 1.82) is 0 Å². The predicted octanol–water partition coefficient (Wildman–Crippen LogP) is 0.867. The van der Waals surface area contributed by atoms with Crippen LogP contribution in [0, 0.1) is 5.92 Å². The maximum atomic E-state index is 6.04. The molecule has 1 aromatic heterocycles. The van der Waals surface area contributed by atoms with Crippen molar-refractivity contribution >= 4 is 5.95 Å². The Hall–Kier alpha value is -1.14. The quantitative estimate of drug-likeness (QED) is 0.858. The molecule has 0 amide bonds. The third-order valence-electron chi connectivity index (χ3n) is 3.26. The Morgan fingerprint density at radius 1 is 1.28 bits per heavy atom. The van der Waals surface area contributed by atoms with Crippen molar-refractivity contribution in [2.24, 2.45) is 11.7 Å². The molecule has 1 aromatic rings. The average molecular weight is 253 g/mol. The molecule has 18 heavy (non-hydrogen) atoms. The fraction of sp³-hybridized carbons (Fsp3) is 0.833. The maximum Gasteiger partial charge on any atom is 0.266 e. The first-order valence-corrected chi connectivity index (χ1v) is 6.59. The third kappa shape index (κ3) is 3.20. The number of piperazine rings is 1. The molecule has 1 unspecified atom stereocenters. The van der Waals surface area contributed by atoms with Gasteiger partial charge < -0.3 is 20.1 Å². The average Bonchev–Trinajstić information content (AvgIpc) is 2.78. The van der Waals surface area contributed by atoms with Crippen LogP contribution in [0.2, 0.25) is 0 Å². The Kier molecular flexibility index (Phi) is 4.19. The van der Waals surface area contributed by atoms with Crippen LogP contribution in [-0.4, -0.2) is 48.3 Å². The highest BCUT2D eigenvalue weighted by atomic mass is 16.5. The zero-order chi connectivity index (χ0) is 13.1. The summed E-state index contributed by atoms with van der Waals surface area (Å²) in [5, 5.41) is 4.03. The second kappa shape index (κ2) is 5.67. The number of aromatic nitrogens is 2. The molecule has 102 valence electrons. The minimum Gasteiger partial charge on any atom is -0.336 e. The molecule has 0 radical (unpaired) electrons. The van der Waals surface area contributed by atoms with Gasteiger partial charge in [0.1, 0.15) is 0 Å². The maximum absolute atomic E-state index is 6.04. The highest BCUT2D eigenvalue weighted by Gasteiger charge is 2.21. The number of anilines is 1. The summed E-state index contributed by atoms with van der Waals surface area (Å²) < 4.78 is 5.27. The molecule has 2 heterocycles. The minimum atomic E-state index is -0.154. The lowest BCUT2D eigenvalue weighted by atomic mass is 10.0. The normalized spacial score (nSPS) is 19.5. The first-order valence-electron chi connectivity index (χ1n) is 6.59. The number of hydrogen-bond acceptors (Lipinski definition) is 6. The van der Waals surface area contributed by atoms with Crippen LogP contribution >= 0.6 is 0 Å². The molecule has 1 atom stereocenters. The van der Waals surface area contributed by atoms with Gasteiger partial charge in [0.25, 0.3) is 5.95 Å². The second-order valence-corrected chi connectivity index (χ2v) is 5.46. The van der Waals surface area contributed by atoms with Crippen LogP contribution in [0.1, 0.15) is 32.2 Å². The number of hydrogen-bond donors (Lipinski definition) is 1. The van der Waals surface area contributed by atoms with Crippen LogP contribution in [0.5, 0.6) is 0 Å². The molecule has 2 rings (SSSR count). The summed E-state index contributed by atoms with van der Waals surface area (Å²) in [4.78, 5) is 8.86. The van der Waals surface area contributed by atoms with Gasteiger partial charge in [0.05, 0.1) is 6.04 Å². The van der Waals surface area contributed by atoms with Gasteiger partial charge in [-0.2, -0.15) is 4.98 Å². The molecule has 0 aromatic carbocycles. The molecular weight excluding hydrogens is 230 g/mol. The van der Waals surface area contributed by atoms with Crippen LogP contribution in [0.4, 0.5) is 5.95 Å². The van der Waals surface area contributed by atoms with E-state index in [1.54, 1.807) is 0 Å². The zero-order valence-electron chi connectivity index (χ0n) is 11.5. The van der Waals surface area contributed by atoms with Crippen molar-refractivity contribution in [1.82, 2.24) is 15.0 Å². The SMILES string of the molecule is CC(C)CC(N)c1nc(N2CCN(C)CC2)no1. The lowest BCUT2D eigenvalue weighted by Gasteiger charge is -2.31. The predicted molar refractivity (Wildman–Crippen MR) is 70.4 cm³/mol. The van der Waals surface area contributed by atoms with Crippen molar-refractivity contribution in [3.8, 4) is 0 Å². The molecule has 0 aliphatic carbocycles. The molecule has 0 bridgehead atoms. The molecule has 6 heteroatoms. The molecule has 1 aliphatic heterocycles. The monoisotopic (exact) mass is 253 g/mol. The standard InChI is InChI=1S/C12H23N5O/c1-9(2)8-10(13)11-14-12(15-18-11)17-6-4-16(3)5-7-17/h9-10H,4-8,13H2,1-3H3. The van der Waals surface area contributed by atoms with Crippen LogP contribution < -0.4 is 10.6 Å². The summed E-state index contributed by atoms with van der Waals surface area (Å²) in [6, 6.07) is -0.154. The molecule has 2 N–H and O–H groups in total. The summed E-state index contributed by atoms with van der Waals surface area (Å²) in [5.41, 5.74) is 6.04. The molecule has 0 saturated carbocycles. The number of rotatable bonds is 4. The van der Waals surface area contributed by atoms with Crippen molar-refractivity contribution < 1.29 is 4.52 Å². The van der Waals surface area contributed by atoms with E-state index >= 15 is 0 Å². The molecule has 1 saturated heterocycles. The Balaban J connectivity index is 1.97. The fourth-order valence-electron chi connectivity index (χ4n) is 2.12. The van der Waals surface area contributed by atoms with Crippen LogP contribution in [-0.2, 0) is 0 Å². The molecule has 1 fully saturated rings. The molecule has 1 aliphatic rings. The zero-order valence-corrected chi connectivity index (χ0v) is 11.5. The Labute approximate surface area is 108 Å². The summed E-state index contributed by atoms with van der Waals surface area (Å²) in [6.45, 7) is 8.21. The van der Waals surface area contributed by atoms with Gasteiger partial charge in [0.2, 0.25) is 5.89 Å². The molecule has 6 nitrogen and oxygen atoms in total. The van der Waals surface area contributed by atoms with Gasteiger partial charge in [0.15, 0.2) is 0 Å². The fourth-order valence-corrected chi connectivity index (χ4v) is 2.12. The van der Waals surface area contributed by atoms with Crippen LogP contribution in [0.15, 0.2) is 4.52 Å². The van der Waals surface area contributed by atoms with Gasteiger partial charge in [-0.3, -0.25) is 0 Å². The lowest BCUT2D eigenvalue weighted by molar-refractivity contribution is 0.307. The van der Waals surface area contributed by atoms with Gasteiger partial charge in [0, 0.05) is 26.2 Å². The van der Waals surface area contributed by atoms with Crippen LogP contribution in [0.25, 0.3) is 0 Å². The van der Waals surface area contributed by atoms with Crippen molar-refractivity contribution in [2.45, 2.75) is 26.3 Å². The number of nitrogens with zero attached hydrogens (tertiary/aromatic N) is 4. The van der Waals surface area contributed by atoms with Gasteiger partial charge in [-0.1, -0.05) is 13.8 Å². The lowest BCUT2D eigenvalue weighted by Crippen LogP contribution is -2.44. The van der Waals surface area contributed by atoms with Crippen molar-refractivity contribution in [3.63, 3.8) is 0 Å². The summed E-state index contributed by atoms with van der Waals surface area (Å²) in [7, 11) is 2.12. The van der Waals surface area contributed by atoms with Crippen LogP contribution in [0.3, 0.4) is 0 Å². The summed E-state index contributed by atoms with van der Waals surface area (Å²) >= 11 is 0. The van der Waals surface area contributed by atoms with E-state index in [9.17, 15) is 0 Å². The van der Waals surface area contributed by atoms with E-state index in [1.165, 1.54) is 0 Å². The Morgan fingerprint density at radius 3 is 2.56 bits per heavy atom. The highest BCUT2D eigenvalue weighted by Crippen LogP contribution is 2.20. The summed E-state index contributed by atoms with van der Waals surface area (Å²) in [5.74, 6) is 1.76. The van der Waals surface area contributed by atoms with E-state index in [0.717, 1.165) is 32.6 Å². The molecular formula is C12H23N5O. The van der Waals surface area contributed by atoms with E-state index in [2.05, 4.69) is 40.8 Å². The Morgan fingerprint density at radius 2 is 1.94 bits per heavy atom. The van der Waals surface area contributed by atoms with Crippen molar-refractivity contribution in [2.75, 3.05) is 38.1 Å². The van der Waals surface area contributed by atoms with E-state index < -0.39 is 0 Å². The number of nitrogens with two attached hydrogens (primary N) is 1. The molecule has 0 spiro atoms. The van der Waals surface area contributed by atoms with E-state index in [-0.39, 0.29) is 6.04 Å².